The van der Waals surface area contributed by atoms with Crippen molar-refractivity contribution < 1.29 is 9.59 Å². The number of amides is 1. The van der Waals surface area contributed by atoms with Gasteiger partial charge in [0.25, 0.3) is 0 Å². The van der Waals surface area contributed by atoms with Crippen LogP contribution in [0.25, 0.3) is 11.3 Å². The second-order valence-corrected chi connectivity index (χ2v) is 7.90. The molecular weight excluding hydrogens is 368 g/mol. The van der Waals surface area contributed by atoms with Crippen LogP contribution in [0.2, 0.25) is 0 Å². The first-order valence-electron chi connectivity index (χ1n) is 9.39. The molecular formula is C23H24N2O2S. The van der Waals surface area contributed by atoms with E-state index in [2.05, 4.69) is 39.9 Å². The van der Waals surface area contributed by atoms with E-state index < -0.39 is 0 Å². The molecule has 1 N–H and O–H groups in total. The van der Waals surface area contributed by atoms with Crippen molar-refractivity contribution in [2.75, 3.05) is 6.54 Å². The minimum Gasteiger partial charge on any atom is -0.356 e. The quantitative estimate of drug-likeness (QED) is 0.563. The summed E-state index contributed by atoms with van der Waals surface area (Å²) in [5.74, 6) is -0.0851. The molecule has 28 heavy (non-hydrogen) atoms. The maximum atomic E-state index is 12.1. The summed E-state index contributed by atoms with van der Waals surface area (Å²) >= 11 is 1.64. The molecule has 0 fully saturated rings. The molecule has 0 aliphatic rings. The van der Waals surface area contributed by atoms with E-state index in [9.17, 15) is 9.59 Å². The van der Waals surface area contributed by atoms with Gasteiger partial charge in [0, 0.05) is 35.9 Å². The van der Waals surface area contributed by atoms with Gasteiger partial charge in [-0.1, -0.05) is 54.1 Å². The van der Waals surface area contributed by atoms with Gasteiger partial charge in [0.1, 0.15) is 0 Å². The number of nitrogens with one attached hydrogen (secondary N) is 1. The van der Waals surface area contributed by atoms with Gasteiger partial charge in [0.2, 0.25) is 5.91 Å². The van der Waals surface area contributed by atoms with Gasteiger partial charge in [-0.05, 0) is 25.8 Å². The maximum absolute atomic E-state index is 12.1. The van der Waals surface area contributed by atoms with Gasteiger partial charge in [-0.3, -0.25) is 9.59 Å². The van der Waals surface area contributed by atoms with Crippen LogP contribution in [0.15, 0.2) is 53.9 Å². The van der Waals surface area contributed by atoms with Crippen molar-refractivity contribution in [1.29, 1.82) is 0 Å². The predicted molar refractivity (Wildman–Crippen MR) is 114 cm³/mol. The summed E-state index contributed by atoms with van der Waals surface area (Å²) in [5, 5.41) is 6.01. The Bertz CT molecular complexity index is 943. The summed E-state index contributed by atoms with van der Waals surface area (Å²) in [6.07, 6.45) is 1.21. The zero-order valence-corrected chi connectivity index (χ0v) is 17.0. The lowest BCUT2D eigenvalue weighted by atomic mass is 10.0. The van der Waals surface area contributed by atoms with Crippen LogP contribution >= 0.6 is 11.3 Å². The minimum absolute atomic E-state index is 0.00279. The van der Waals surface area contributed by atoms with Crippen molar-refractivity contribution >= 4 is 23.0 Å². The van der Waals surface area contributed by atoms with Crippen LogP contribution in [-0.2, 0) is 11.2 Å². The normalized spacial score (nSPS) is 10.6. The molecule has 3 aromatic rings. The van der Waals surface area contributed by atoms with Crippen LogP contribution in [0.5, 0.6) is 0 Å². The number of aromatic nitrogens is 1. The molecule has 0 aliphatic heterocycles. The summed E-state index contributed by atoms with van der Waals surface area (Å²) in [7, 11) is 0. The highest BCUT2D eigenvalue weighted by molar-refractivity contribution is 7.09. The molecule has 1 aromatic heterocycles. The smallest absolute Gasteiger partial charge is 0.220 e. The molecule has 0 saturated carbocycles. The molecule has 2 aromatic carbocycles. The van der Waals surface area contributed by atoms with E-state index >= 15 is 0 Å². The Morgan fingerprint density at radius 3 is 2.32 bits per heavy atom. The number of thiazole rings is 1. The molecule has 144 valence electrons. The van der Waals surface area contributed by atoms with E-state index in [1.807, 2.05) is 38.1 Å². The number of Topliss-reactive ketones (excluding diaryl/α,β-unsaturated/α-hetero) is 1. The molecule has 0 radical (unpaired) electrons. The largest absolute Gasteiger partial charge is 0.356 e. The van der Waals surface area contributed by atoms with E-state index in [0.717, 1.165) is 33.8 Å². The van der Waals surface area contributed by atoms with Gasteiger partial charge in [-0.2, -0.15) is 0 Å². The number of nitrogens with zero attached hydrogens (tertiary/aromatic N) is 1. The molecule has 0 spiro atoms. The Kier molecular flexibility index (Phi) is 6.71. The molecule has 0 aliphatic carbocycles. The molecule has 1 heterocycles. The van der Waals surface area contributed by atoms with Crippen LogP contribution in [0.4, 0.5) is 0 Å². The minimum atomic E-state index is -0.0879. The molecule has 0 atom stereocenters. The van der Waals surface area contributed by atoms with E-state index in [4.69, 9.17) is 0 Å². The average molecular weight is 393 g/mol. The fraction of sp³-hybridized carbons (Fsp3) is 0.261. The van der Waals surface area contributed by atoms with Crippen molar-refractivity contribution in [3.05, 3.63) is 75.6 Å². The SMILES string of the molecule is Cc1ccc(C(=O)CCC(=O)NCCc2ccc(-c3csc(C)n3)cc2)cc1. The Morgan fingerprint density at radius 2 is 1.68 bits per heavy atom. The average Bonchev–Trinajstić information content (AvgIpc) is 3.13. The fourth-order valence-electron chi connectivity index (χ4n) is 2.88. The molecule has 1 amide bonds. The van der Waals surface area contributed by atoms with Crippen molar-refractivity contribution in [3.8, 4) is 11.3 Å². The topological polar surface area (TPSA) is 59.1 Å². The van der Waals surface area contributed by atoms with Crippen molar-refractivity contribution in [2.24, 2.45) is 0 Å². The third kappa shape index (κ3) is 5.60. The van der Waals surface area contributed by atoms with Crippen LogP contribution in [-0.4, -0.2) is 23.2 Å². The number of hydrogen-bond donors (Lipinski definition) is 1. The Morgan fingerprint density at radius 1 is 0.964 bits per heavy atom. The maximum Gasteiger partial charge on any atom is 0.220 e. The van der Waals surface area contributed by atoms with Crippen LogP contribution in [0.3, 0.4) is 0 Å². The molecule has 4 nitrogen and oxygen atoms in total. The number of benzene rings is 2. The van der Waals surface area contributed by atoms with Gasteiger partial charge in [0.15, 0.2) is 5.78 Å². The number of aryl methyl sites for hydroxylation is 2. The third-order valence-electron chi connectivity index (χ3n) is 4.56. The van der Waals surface area contributed by atoms with Gasteiger partial charge < -0.3 is 5.32 Å². The van der Waals surface area contributed by atoms with Crippen LogP contribution in [0, 0.1) is 13.8 Å². The van der Waals surface area contributed by atoms with Gasteiger partial charge in [0.05, 0.1) is 10.7 Å². The zero-order valence-electron chi connectivity index (χ0n) is 16.2. The number of rotatable bonds is 8. The molecule has 3 rings (SSSR count). The van der Waals surface area contributed by atoms with Crippen molar-refractivity contribution in [3.63, 3.8) is 0 Å². The van der Waals surface area contributed by atoms with Crippen LogP contribution < -0.4 is 5.32 Å². The summed E-state index contributed by atoms with van der Waals surface area (Å²) < 4.78 is 0. The van der Waals surface area contributed by atoms with Gasteiger partial charge in [-0.15, -0.1) is 11.3 Å². The van der Waals surface area contributed by atoms with E-state index in [-0.39, 0.29) is 24.5 Å². The third-order valence-corrected chi connectivity index (χ3v) is 5.33. The standard InChI is InChI=1S/C23H24N2O2S/c1-16-3-7-20(8-4-16)22(26)11-12-23(27)24-14-13-18-5-9-19(10-6-18)21-15-28-17(2)25-21/h3-10,15H,11-14H2,1-2H3,(H,24,27). The lowest BCUT2D eigenvalue weighted by Gasteiger charge is -2.06. The Balaban J connectivity index is 1.40. The molecule has 0 saturated heterocycles. The summed E-state index contributed by atoms with van der Waals surface area (Å²) in [6, 6.07) is 15.7. The summed E-state index contributed by atoms with van der Waals surface area (Å²) in [5.41, 5.74) is 5.04. The van der Waals surface area contributed by atoms with E-state index in [1.54, 1.807) is 11.3 Å². The number of carbonyl (C=O) groups excluding carboxylic acids is 2. The van der Waals surface area contributed by atoms with E-state index in [1.165, 1.54) is 0 Å². The van der Waals surface area contributed by atoms with Crippen molar-refractivity contribution in [2.45, 2.75) is 33.1 Å². The van der Waals surface area contributed by atoms with Gasteiger partial charge in [-0.25, -0.2) is 4.98 Å². The molecule has 0 unspecified atom stereocenters. The monoisotopic (exact) mass is 392 g/mol. The number of ketones is 1. The second-order valence-electron chi connectivity index (χ2n) is 6.84. The predicted octanol–water partition coefficient (Wildman–Crippen LogP) is 4.75. The highest BCUT2D eigenvalue weighted by Crippen LogP contribution is 2.21. The lowest BCUT2D eigenvalue weighted by molar-refractivity contribution is -0.121. The lowest BCUT2D eigenvalue weighted by Crippen LogP contribution is -2.26. The van der Waals surface area contributed by atoms with E-state index in [0.29, 0.717) is 12.1 Å². The highest BCUT2D eigenvalue weighted by atomic mass is 32.1. The van der Waals surface area contributed by atoms with Gasteiger partial charge >= 0.3 is 0 Å². The first-order chi connectivity index (χ1) is 13.5. The Hall–Kier alpha value is -2.79. The zero-order chi connectivity index (χ0) is 19.9. The molecule has 5 heteroatoms. The number of carbonyl (C=O) groups is 2. The number of hydrogen-bond acceptors (Lipinski definition) is 4. The molecule has 0 bridgehead atoms. The fourth-order valence-corrected chi connectivity index (χ4v) is 3.51. The Labute approximate surface area is 169 Å². The van der Waals surface area contributed by atoms with Crippen LogP contribution in [0.1, 0.15) is 39.3 Å². The summed E-state index contributed by atoms with van der Waals surface area (Å²) in [6.45, 7) is 4.54. The second kappa shape index (κ2) is 9.42. The first kappa shape index (κ1) is 20.0. The highest BCUT2D eigenvalue weighted by Gasteiger charge is 2.09. The van der Waals surface area contributed by atoms with Crippen molar-refractivity contribution in [1.82, 2.24) is 10.3 Å². The first-order valence-corrected chi connectivity index (χ1v) is 10.3. The summed E-state index contributed by atoms with van der Waals surface area (Å²) in [4.78, 5) is 28.6.